The van der Waals surface area contributed by atoms with Crippen molar-refractivity contribution in [1.82, 2.24) is 15.5 Å². The van der Waals surface area contributed by atoms with Crippen LogP contribution in [0.2, 0.25) is 0 Å². The number of amides is 4. The van der Waals surface area contributed by atoms with E-state index in [9.17, 15) is 19.5 Å². The zero-order valence-electron chi connectivity index (χ0n) is 13.5. The largest absolute Gasteiger partial charge is 0.394 e. The quantitative estimate of drug-likeness (QED) is 0.613. The third-order valence-corrected chi connectivity index (χ3v) is 3.93. The van der Waals surface area contributed by atoms with Gasteiger partial charge in [-0.25, -0.2) is 4.79 Å². The molecule has 1 aromatic carbocycles. The van der Waals surface area contributed by atoms with Gasteiger partial charge in [0.2, 0.25) is 5.91 Å². The molecular weight excluding hydrogens is 312 g/mol. The van der Waals surface area contributed by atoms with E-state index < -0.39 is 11.9 Å². The van der Waals surface area contributed by atoms with E-state index in [1.165, 1.54) is 7.05 Å². The fourth-order valence-corrected chi connectivity index (χ4v) is 2.68. The Balaban J connectivity index is 2.06. The van der Waals surface area contributed by atoms with E-state index in [1.807, 2.05) is 0 Å². The van der Waals surface area contributed by atoms with E-state index in [0.29, 0.717) is 17.8 Å². The number of rotatable bonds is 5. The average Bonchev–Trinajstić information content (AvgIpc) is 3.08. The lowest BCUT2D eigenvalue weighted by molar-refractivity contribution is -0.118. The molecule has 130 valence electrons. The molecule has 0 spiro atoms. The molecule has 1 atom stereocenters. The SMILES string of the molecule is CNC(=O)NC(=O)CNc1ccccc1C(=O)N1CCC[C@H]1CO. The van der Waals surface area contributed by atoms with Gasteiger partial charge < -0.3 is 20.6 Å². The second-order valence-electron chi connectivity index (χ2n) is 5.50. The van der Waals surface area contributed by atoms with Crippen molar-refractivity contribution < 1.29 is 19.5 Å². The van der Waals surface area contributed by atoms with Crippen LogP contribution in [0, 0.1) is 0 Å². The number of imide groups is 1. The Kier molecular flexibility index (Phi) is 6.14. The fraction of sp³-hybridized carbons (Fsp3) is 0.438. The van der Waals surface area contributed by atoms with E-state index >= 15 is 0 Å². The number of nitrogens with one attached hydrogen (secondary N) is 3. The minimum absolute atomic E-state index is 0.0597. The standard InChI is InChI=1S/C16H22N4O4/c1-17-16(24)19-14(22)9-18-13-7-3-2-6-12(13)15(23)20-8-4-5-11(20)10-21/h2-3,6-7,11,18,21H,4-5,8-10H2,1H3,(H2,17,19,22,24)/t11-/m0/s1. The Hall–Kier alpha value is -2.61. The van der Waals surface area contributed by atoms with E-state index in [0.717, 1.165) is 12.8 Å². The molecule has 8 heteroatoms. The number of aliphatic hydroxyl groups excluding tert-OH is 1. The van der Waals surface area contributed by atoms with Gasteiger partial charge in [0.05, 0.1) is 24.8 Å². The number of para-hydroxylation sites is 1. The van der Waals surface area contributed by atoms with Crippen LogP contribution in [0.25, 0.3) is 0 Å². The summed E-state index contributed by atoms with van der Waals surface area (Å²) in [6, 6.07) is 6.12. The number of carbonyl (C=O) groups is 3. The molecular formula is C16H22N4O4. The first-order valence-corrected chi connectivity index (χ1v) is 7.83. The number of hydrogen-bond donors (Lipinski definition) is 4. The van der Waals surface area contributed by atoms with Crippen LogP contribution in [0.3, 0.4) is 0 Å². The number of hydrogen-bond acceptors (Lipinski definition) is 5. The number of likely N-dealkylation sites (tertiary alicyclic amines) is 1. The topological polar surface area (TPSA) is 111 Å². The fourth-order valence-electron chi connectivity index (χ4n) is 2.68. The molecule has 0 unspecified atom stereocenters. The monoisotopic (exact) mass is 334 g/mol. The van der Waals surface area contributed by atoms with Crippen molar-refractivity contribution in [3.05, 3.63) is 29.8 Å². The summed E-state index contributed by atoms with van der Waals surface area (Å²) in [5.41, 5.74) is 0.948. The van der Waals surface area contributed by atoms with Crippen LogP contribution in [-0.4, -0.2) is 60.6 Å². The number of carbonyl (C=O) groups excluding carboxylic acids is 3. The van der Waals surface area contributed by atoms with Crippen LogP contribution in [-0.2, 0) is 4.79 Å². The molecule has 0 saturated carbocycles. The maximum Gasteiger partial charge on any atom is 0.321 e. The summed E-state index contributed by atoms with van der Waals surface area (Å²) in [6.07, 6.45) is 1.65. The van der Waals surface area contributed by atoms with E-state index in [1.54, 1.807) is 29.2 Å². The first-order chi connectivity index (χ1) is 11.6. The molecule has 1 saturated heterocycles. The van der Waals surface area contributed by atoms with Crippen LogP contribution < -0.4 is 16.0 Å². The van der Waals surface area contributed by atoms with Gasteiger partial charge in [-0.1, -0.05) is 12.1 Å². The molecule has 0 radical (unpaired) electrons. The van der Waals surface area contributed by atoms with Crippen molar-refractivity contribution in [2.24, 2.45) is 0 Å². The van der Waals surface area contributed by atoms with Crippen molar-refractivity contribution in [2.45, 2.75) is 18.9 Å². The van der Waals surface area contributed by atoms with Gasteiger partial charge in [0.25, 0.3) is 5.91 Å². The van der Waals surface area contributed by atoms with Crippen LogP contribution in [0.5, 0.6) is 0 Å². The highest BCUT2D eigenvalue weighted by Gasteiger charge is 2.29. The molecule has 0 aromatic heterocycles. The maximum atomic E-state index is 12.7. The summed E-state index contributed by atoms with van der Waals surface area (Å²) in [7, 11) is 1.41. The third kappa shape index (κ3) is 4.23. The van der Waals surface area contributed by atoms with Gasteiger partial charge in [-0.2, -0.15) is 0 Å². The molecule has 0 bridgehead atoms. The lowest BCUT2D eigenvalue weighted by Crippen LogP contribution is -2.40. The number of anilines is 1. The highest BCUT2D eigenvalue weighted by Crippen LogP contribution is 2.23. The zero-order valence-corrected chi connectivity index (χ0v) is 13.5. The molecule has 2 rings (SSSR count). The van der Waals surface area contributed by atoms with Gasteiger partial charge in [-0.3, -0.25) is 14.9 Å². The minimum atomic E-state index is -0.589. The summed E-state index contributed by atoms with van der Waals surface area (Å²) in [4.78, 5) is 37.1. The van der Waals surface area contributed by atoms with Gasteiger partial charge in [0, 0.05) is 19.3 Å². The molecule has 1 aliphatic rings. The summed E-state index contributed by atoms with van der Waals surface area (Å²) in [5.74, 6) is -0.688. The first-order valence-electron chi connectivity index (χ1n) is 7.83. The third-order valence-electron chi connectivity index (χ3n) is 3.93. The average molecular weight is 334 g/mol. The molecule has 1 heterocycles. The summed E-state index contributed by atoms with van der Waals surface area (Å²) < 4.78 is 0. The van der Waals surface area contributed by atoms with Crippen molar-refractivity contribution in [1.29, 1.82) is 0 Å². The van der Waals surface area contributed by atoms with Crippen LogP contribution in [0.15, 0.2) is 24.3 Å². The molecule has 1 fully saturated rings. The Morgan fingerprint density at radius 2 is 2.04 bits per heavy atom. The maximum absolute atomic E-state index is 12.7. The summed E-state index contributed by atoms with van der Waals surface area (Å²) in [6.45, 7) is 0.409. The van der Waals surface area contributed by atoms with Crippen molar-refractivity contribution >= 4 is 23.5 Å². The van der Waals surface area contributed by atoms with Gasteiger partial charge in [0.15, 0.2) is 0 Å². The lowest BCUT2D eigenvalue weighted by Gasteiger charge is -2.24. The molecule has 0 aliphatic carbocycles. The lowest BCUT2D eigenvalue weighted by atomic mass is 10.1. The van der Waals surface area contributed by atoms with Crippen LogP contribution in [0.1, 0.15) is 23.2 Å². The van der Waals surface area contributed by atoms with Crippen molar-refractivity contribution in [3.8, 4) is 0 Å². The Labute approximate surface area is 140 Å². The summed E-state index contributed by atoms with van der Waals surface area (Å²) in [5, 5.41) is 16.7. The van der Waals surface area contributed by atoms with E-state index in [2.05, 4.69) is 16.0 Å². The highest BCUT2D eigenvalue weighted by atomic mass is 16.3. The predicted molar refractivity (Wildman–Crippen MR) is 88.7 cm³/mol. The smallest absolute Gasteiger partial charge is 0.321 e. The molecule has 4 N–H and O–H groups in total. The number of urea groups is 1. The molecule has 24 heavy (non-hydrogen) atoms. The first kappa shape index (κ1) is 17.7. The second kappa shape index (κ2) is 8.30. The second-order valence-corrected chi connectivity index (χ2v) is 5.50. The molecule has 4 amide bonds. The number of benzene rings is 1. The van der Waals surface area contributed by atoms with Gasteiger partial charge >= 0.3 is 6.03 Å². The van der Waals surface area contributed by atoms with Gasteiger partial charge in [-0.15, -0.1) is 0 Å². The van der Waals surface area contributed by atoms with E-state index in [4.69, 9.17) is 0 Å². The number of aliphatic hydroxyl groups is 1. The Morgan fingerprint density at radius 1 is 1.29 bits per heavy atom. The van der Waals surface area contributed by atoms with E-state index in [-0.39, 0.29) is 25.1 Å². The van der Waals surface area contributed by atoms with Crippen molar-refractivity contribution in [3.63, 3.8) is 0 Å². The predicted octanol–water partition coefficient (Wildman–Crippen LogP) is 0.151. The van der Waals surface area contributed by atoms with Gasteiger partial charge in [-0.05, 0) is 25.0 Å². The van der Waals surface area contributed by atoms with Crippen LogP contribution >= 0.6 is 0 Å². The summed E-state index contributed by atoms with van der Waals surface area (Å²) >= 11 is 0. The normalized spacial score (nSPS) is 16.6. The molecule has 1 aromatic rings. The van der Waals surface area contributed by atoms with Crippen LogP contribution in [0.4, 0.5) is 10.5 Å². The van der Waals surface area contributed by atoms with Crippen molar-refractivity contribution in [2.75, 3.05) is 32.1 Å². The zero-order chi connectivity index (χ0) is 17.5. The minimum Gasteiger partial charge on any atom is -0.394 e. The Bertz CT molecular complexity index is 620. The highest BCUT2D eigenvalue weighted by molar-refractivity contribution is 6.01. The number of nitrogens with zero attached hydrogens (tertiary/aromatic N) is 1. The molecule has 8 nitrogen and oxygen atoms in total. The Morgan fingerprint density at radius 3 is 2.75 bits per heavy atom. The van der Waals surface area contributed by atoms with Gasteiger partial charge in [0.1, 0.15) is 0 Å². The molecule has 1 aliphatic heterocycles.